The molecule has 1 amide bonds. The van der Waals surface area contributed by atoms with Crippen LogP contribution in [0.2, 0.25) is 0 Å². The number of carbonyl (C=O) groups excluding carboxylic acids is 1. The summed E-state index contributed by atoms with van der Waals surface area (Å²) in [5.41, 5.74) is 5.93. The first-order valence-electron chi connectivity index (χ1n) is 6.15. The SMILES string of the molecule is COCC(=O)NC[C@H](N)c1cccc(C(C)(C)F)c1. The highest BCUT2D eigenvalue weighted by atomic mass is 19.1. The minimum absolute atomic E-state index is 0.00424. The van der Waals surface area contributed by atoms with E-state index < -0.39 is 5.67 Å². The summed E-state index contributed by atoms with van der Waals surface area (Å²) in [5, 5.41) is 2.66. The molecule has 0 aliphatic heterocycles. The molecule has 4 nitrogen and oxygen atoms in total. The molecule has 106 valence electrons. The van der Waals surface area contributed by atoms with E-state index in [0.717, 1.165) is 5.56 Å². The summed E-state index contributed by atoms with van der Waals surface area (Å²) in [7, 11) is 1.45. The lowest BCUT2D eigenvalue weighted by Crippen LogP contribution is -2.34. The molecule has 5 heteroatoms. The standard InChI is InChI=1S/C14H21FN2O2/c1-14(2,15)11-6-4-5-10(7-11)12(16)8-17-13(18)9-19-3/h4-7,12H,8-9,16H2,1-3H3,(H,17,18)/t12-/m0/s1. The van der Waals surface area contributed by atoms with Crippen molar-refractivity contribution in [3.63, 3.8) is 0 Å². The Bertz CT molecular complexity index is 430. The van der Waals surface area contributed by atoms with Crippen LogP contribution in [0.15, 0.2) is 24.3 Å². The van der Waals surface area contributed by atoms with Crippen LogP contribution in [0.5, 0.6) is 0 Å². The normalized spacial score (nSPS) is 13.1. The van der Waals surface area contributed by atoms with Gasteiger partial charge in [0.1, 0.15) is 12.3 Å². The van der Waals surface area contributed by atoms with E-state index in [9.17, 15) is 9.18 Å². The third kappa shape index (κ3) is 4.96. The van der Waals surface area contributed by atoms with Gasteiger partial charge in [0.05, 0.1) is 0 Å². The zero-order valence-electron chi connectivity index (χ0n) is 11.6. The number of hydrogen-bond acceptors (Lipinski definition) is 3. The van der Waals surface area contributed by atoms with Crippen molar-refractivity contribution < 1.29 is 13.9 Å². The van der Waals surface area contributed by atoms with Crippen molar-refractivity contribution in [3.8, 4) is 0 Å². The molecule has 1 aromatic rings. The molecule has 0 radical (unpaired) electrons. The summed E-state index contributed by atoms with van der Waals surface area (Å²) in [6.07, 6.45) is 0. The number of benzene rings is 1. The minimum Gasteiger partial charge on any atom is -0.375 e. The first kappa shape index (κ1) is 15.6. The van der Waals surface area contributed by atoms with Crippen molar-refractivity contribution in [2.45, 2.75) is 25.6 Å². The van der Waals surface area contributed by atoms with Gasteiger partial charge < -0.3 is 15.8 Å². The molecule has 0 aliphatic carbocycles. The largest absolute Gasteiger partial charge is 0.375 e. The van der Waals surface area contributed by atoms with Gasteiger partial charge in [0.2, 0.25) is 5.91 Å². The molecule has 19 heavy (non-hydrogen) atoms. The maximum absolute atomic E-state index is 13.9. The Kier molecular flexibility index (Phi) is 5.44. The predicted octanol–water partition coefficient (Wildman–Crippen LogP) is 1.65. The van der Waals surface area contributed by atoms with E-state index in [4.69, 9.17) is 10.5 Å². The Hall–Kier alpha value is -1.46. The molecule has 1 rings (SSSR count). The molecule has 0 aromatic heterocycles. The number of hydrogen-bond donors (Lipinski definition) is 2. The van der Waals surface area contributed by atoms with Crippen molar-refractivity contribution in [3.05, 3.63) is 35.4 Å². The number of alkyl halides is 1. The second-order valence-corrected chi connectivity index (χ2v) is 4.94. The lowest BCUT2D eigenvalue weighted by atomic mass is 9.96. The predicted molar refractivity (Wildman–Crippen MR) is 72.4 cm³/mol. The summed E-state index contributed by atoms with van der Waals surface area (Å²) in [6, 6.07) is 6.67. The van der Waals surface area contributed by atoms with Gasteiger partial charge >= 0.3 is 0 Å². The molecule has 0 unspecified atom stereocenters. The van der Waals surface area contributed by atoms with Gasteiger partial charge in [-0.1, -0.05) is 24.3 Å². The van der Waals surface area contributed by atoms with Gasteiger partial charge in [-0.3, -0.25) is 4.79 Å². The average Bonchev–Trinajstić information content (AvgIpc) is 2.35. The minimum atomic E-state index is -1.41. The van der Waals surface area contributed by atoms with Crippen LogP contribution in [-0.2, 0) is 15.2 Å². The molecular weight excluding hydrogens is 247 g/mol. The Labute approximate surface area is 113 Å². The molecular formula is C14H21FN2O2. The average molecular weight is 268 g/mol. The van der Waals surface area contributed by atoms with Crippen LogP contribution in [0.25, 0.3) is 0 Å². The van der Waals surface area contributed by atoms with E-state index in [2.05, 4.69) is 5.32 Å². The number of ether oxygens (including phenoxy) is 1. The highest BCUT2D eigenvalue weighted by Crippen LogP contribution is 2.26. The highest BCUT2D eigenvalue weighted by Gasteiger charge is 2.19. The van der Waals surface area contributed by atoms with E-state index >= 15 is 0 Å². The fourth-order valence-electron chi connectivity index (χ4n) is 1.66. The quantitative estimate of drug-likeness (QED) is 0.824. The van der Waals surface area contributed by atoms with E-state index in [1.54, 1.807) is 18.2 Å². The molecule has 0 fully saturated rings. The van der Waals surface area contributed by atoms with E-state index in [1.165, 1.54) is 21.0 Å². The lowest BCUT2D eigenvalue weighted by Gasteiger charge is -2.18. The van der Waals surface area contributed by atoms with Gasteiger partial charge in [-0.25, -0.2) is 4.39 Å². The van der Waals surface area contributed by atoms with Gasteiger partial charge in [0.15, 0.2) is 0 Å². The topological polar surface area (TPSA) is 64.3 Å². The van der Waals surface area contributed by atoms with E-state index in [-0.39, 0.29) is 18.6 Å². The second-order valence-electron chi connectivity index (χ2n) is 4.94. The summed E-state index contributed by atoms with van der Waals surface area (Å²) >= 11 is 0. The number of nitrogens with two attached hydrogens (primary N) is 1. The zero-order valence-corrected chi connectivity index (χ0v) is 11.6. The third-order valence-corrected chi connectivity index (χ3v) is 2.80. The number of amides is 1. The maximum atomic E-state index is 13.9. The molecule has 1 aromatic carbocycles. The summed E-state index contributed by atoms with van der Waals surface area (Å²) in [6.45, 7) is 3.29. The number of halogens is 1. The van der Waals surface area contributed by atoms with Crippen molar-refractivity contribution in [2.24, 2.45) is 5.73 Å². The Balaban J connectivity index is 2.67. The molecule has 0 aliphatic rings. The van der Waals surface area contributed by atoms with Crippen molar-refractivity contribution >= 4 is 5.91 Å². The van der Waals surface area contributed by atoms with Gasteiger partial charge in [0.25, 0.3) is 0 Å². The lowest BCUT2D eigenvalue weighted by molar-refractivity contribution is -0.124. The number of methoxy groups -OCH3 is 1. The summed E-state index contributed by atoms with van der Waals surface area (Å²) in [5.74, 6) is -0.222. The van der Waals surface area contributed by atoms with Gasteiger partial charge in [-0.05, 0) is 25.0 Å². The van der Waals surface area contributed by atoms with E-state index in [1.807, 2.05) is 6.07 Å². The Morgan fingerprint density at radius 2 is 2.21 bits per heavy atom. The summed E-state index contributed by atoms with van der Waals surface area (Å²) in [4.78, 5) is 11.3. The van der Waals surface area contributed by atoms with Crippen molar-refractivity contribution in [1.29, 1.82) is 0 Å². The molecule has 0 spiro atoms. The summed E-state index contributed by atoms with van der Waals surface area (Å²) < 4.78 is 18.6. The second kappa shape index (κ2) is 6.63. The van der Waals surface area contributed by atoms with Crippen LogP contribution in [0.1, 0.15) is 31.0 Å². The number of nitrogens with one attached hydrogen (secondary N) is 1. The maximum Gasteiger partial charge on any atom is 0.246 e. The molecule has 0 heterocycles. The van der Waals surface area contributed by atoms with Crippen molar-refractivity contribution in [1.82, 2.24) is 5.32 Å². The van der Waals surface area contributed by atoms with Crippen molar-refractivity contribution in [2.75, 3.05) is 20.3 Å². The van der Waals surface area contributed by atoms with Crippen LogP contribution < -0.4 is 11.1 Å². The first-order valence-corrected chi connectivity index (χ1v) is 6.15. The van der Waals surface area contributed by atoms with Crippen LogP contribution in [-0.4, -0.2) is 26.2 Å². The van der Waals surface area contributed by atoms with Crippen LogP contribution in [0.4, 0.5) is 4.39 Å². The Morgan fingerprint density at radius 1 is 1.53 bits per heavy atom. The van der Waals surface area contributed by atoms with Gasteiger partial charge in [-0.15, -0.1) is 0 Å². The third-order valence-electron chi connectivity index (χ3n) is 2.80. The fourth-order valence-corrected chi connectivity index (χ4v) is 1.66. The van der Waals surface area contributed by atoms with Crippen LogP contribution >= 0.6 is 0 Å². The zero-order chi connectivity index (χ0) is 14.5. The fraction of sp³-hybridized carbons (Fsp3) is 0.500. The molecule has 3 N–H and O–H groups in total. The Morgan fingerprint density at radius 3 is 2.79 bits per heavy atom. The van der Waals surface area contributed by atoms with Gasteiger partial charge in [-0.2, -0.15) is 0 Å². The number of rotatable bonds is 6. The van der Waals surface area contributed by atoms with Gasteiger partial charge in [0, 0.05) is 19.7 Å². The van der Waals surface area contributed by atoms with Crippen LogP contribution in [0.3, 0.4) is 0 Å². The first-order chi connectivity index (χ1) is 8.84. The smallest absolute Gasteiger partial charge is 0.246 e. The highest BCUT2D eigenvalue weighted by molar-refractivity contribution is 5.77. The van der Waals surface area contributed by atoms with E-state index in [0.29, 0.717) is 12.1 Å². The molecule has 0 saturated carbocycles. The van der Waals surface area contributed by atoms with Crippen LogP contribution in [0, 0.1) is 0 Å². The molecule has 0 bridgehead atoms. The number of carbonyl (C=O) groups is 1. The molecule has 1 atom stereocenters. The monoisotopic (exact) mass is 268 g/mol. The molecule has 0 saturated heterocycles.